The van der Waals surface area contributed by atoms with Crippen molar-refractivity contribution in [3.05, 3.63) is 50.1 Å². The number of hydrogen-bond donors (Lipinski definition) is 2. The minimum Gasteiger partial charge on any atom is -0.352 e. The van der Waals surface area contributed by atoms with Gasteiger partial charge < -0.3 is 10.6 Å². The number of nitrogens with zero attached hydrogens (tertiary/aromatic N) is 2. The molecule has 1 aromatic carbocycles. The molecule has 0 atom stereocenters. The monoisotopic (exact) mass is 424 g/mol. The first-order valence-corrected chi connectivity index (χ1v) is 8.37. The van der Waals surface area contributed by atoms with E-state index >= 15 is 0 Å². The maximum Gasteiger partial charge on any atom is 0.434 e. The normalized spacial score (nSPS) is 12.3. The zero-order chi connectivity index (χ0) is 17.7. The van der Waals surface area contributed by atoms with Gasteiger partial charge >= 0.3 is 6.18 Å². The number of hydrogen-bond acceptors (Lipinski definition) is 3. The quantitative estimate of drug-likeness (QED) is 0.444. The van der Waals surface area contributed by atoms with Crippen LogP contribution in [0.5, 0.6) is 0 Å². The van der Waals surface area contributed by atoms with Gasteiger partial charge in [0.2, 0.25) is 0 Å². The Kier molecular flexibility index (Phi) is 6.16. The Balaban J connectivity index is 1.91. The lowest BCUT2D eigenvalue weighted by atomic mass is 10.2. The van der Waals surface area contributed by atoms with Gasteiger partial charge in [0.15, 0.2) is 11.7 Å². The number of nitrogens with one attached hydrogen (secondary N) is 2. The van der Waals surface area contributed by atoms with Crippen molar-refractivity contribution in [3.63, 3.8) is 0 Å². The summed E-state index contributed by atoms with van der Waals surface area (Å²) in [5.41, 5.74) is -0.482. The second-order valence-corrected chi connectivity index (χ2v) is 6.50. The zero-order valence-electron chi connectivity index (χ0n) is 12.4. The molecule has 1 heterocycles. The first kappa shape index (κ1) is 18.7. The van der Waals surface area contributed by atoms with Gasteiger partial charge in [0.1, 0.15) is 10.8 Å². The maximum absolute atomic E-state index is 13.7. The first-order chi connectivity index (χ1) is 11.3. The van der Waals surface area contributed by atoms with Crippen LogP contribution in [-0.4, -0.2) is 18.0 Å². The average Bonchev–Trinajstić information content (AvgIpc) is 3.00. The number of halogens is 5. The minimum atomic E-state index is -4.45. The van der Waals surface area contributed by atoms with E-state index in [-0.39, 0.29) is 23.9 Å². The van der Waals surface area contributed by atoms with Gasteiger partial charge in [-0.2, -0.15) is 13.2 Å². The molecule has 10 heteroatoms. The van der Waals surface area contributed by atoms with Crippen molar-refractivity contribution >= 4 is 33.2 Å². The largest absolute Gasteiger partial charge is 0.434 e. The molecule has 0 spiro atoms. The summed E-state index contributed by atoms with van der Waals surface area (Å²) in [6.07, 6.45) is -4.45. The molecule has 4 nitrogen and oxygen atoms in total. The van der Waals surface area contributed by atoms with Crippen molar-refractivity contribution in [1.82, 2.24) is 15.6 Å². The molecule has 0 saturated carbocycles. The molecular formula is C14H13BrF4N4S. The summed E-state index contributed by atoms with van der Waals surface area (Å²) in [5.74, 6) is -0.0333. The van der Waals surface area contributed by atoms with Crippen LogP contribution >= 0.6 is 27.3 Å². The van der Waals surface area contributed by atoms with Gasteiger partial charge in [-0.25, -0.2) is 9.37 Å². The van der Waals surface area contributed by atoms with Gasteiger partial charge in [-0.05, 0) is 18.2 Å². The molecule has 0 aliphatic rings. The van der Waals surface area contributed by atoms with E-state index in [0.717, 1.165) is 21.2 Å². The molecule has 2 N–H and O–H groups in total. The van der Waals surface area contributed by atoms with Crippen molar-refractivity contribution in [2.24, 2.45) is 4.99 Å². The summed E-state index contributed by atoms with van der Waals surface area (Å²) in [6.45, 7) is 0.262. The number of thiazole rings is 1. The molecule has 0 saturated heterocycles. The molecule has 0 fully saturated rings. The van der Waals surface area contributed by atoms with Crippen LogP contribution in [0.25, 0.3) is 0 Å². The standard InChI is InChI=1S/C14H13BrF4N4S/c1-20-13(21-5-8-4-9(15)2-3-10(8)16)22-6-12-23-11(7-24-12)14(17,18)19/h2-4,7H,5-6H2,1H3,(H2,20,21,22). The summed E-state index contributed by atoms with van der Waals surface area (Å²) >= 11 is 4.17. The van der Waals surface area contributed by atoms with Crippen LogP contribution in [0.4, 0.5) is 17.6 Å². The van der Waals surface area contributed by atoms with E-state index in [4.69, 9.17) is 0 Å². The summed E-state index contributed by atoms with van der Waals surface area (Å²) in [5, 5.41) is 6.97. The van der Waals surface area contributed by atoms with Gasteiger partial charge in [-0.1, -0.05) is 15.9 Å². The maximum atomic E-state index is 13.7. The highest BCUT2D eigenvalue weighted by atomic mass is 79.9. The molecule has 24 heavy (non-hydrogen) atoms. The number of alkyl halides is 3. The SMILES string of the molecule is CN=C(NCc1nc(C(F)(F)F)cs1)NCc1cc(Br)ccc1F. The van der Waals surface area contributed by atoms with Crippen LogP contribution in [0, 0.1) is 5.82 Å². The first-order valence-electron chi connectivity index (χ1n) is 6.69. The van der Waals surface area contributed by atoms with E-state index < -0.39 is 11.9 Å². The van der Waals surface area contributed by atoms with Crippen LogP contribution in [0.15, 0.2) is 33.0 Å². The Morgan fingerprint density at radius 1 is 1.29 bits per heavy atom. The Bertz CT molecular complexity index is 730. The number of benzene rings is 1. The lowest BCUT2D eigenvalue weighted by Crippen LogP contribution is -2.36. The van der Waals surface area contributed by atoms with Gasteiger partial charge in [0.05, 0.1) is 6.54 Å². The highest BCUT2D eigenvalue weighted by molar-refractivity contribution is 9.10. The second kappa shape index (κ2) is 7.93. The van der Waals surface area contributed by atoms with E-state index in [2.05, 4.69) is 36.5 Å². The topological polar surface area (TPSA) is 49.3 Å². The fraction of sp³-hybridized carbons (Fsp3) is 0.286. The van der Waals surface area contributed by atoms with E-state index in [9.17, 15) is 17.6 Å². The number of aliphatic imine (C=N–C) groups is 1. The van der Waals surface area contributed by atoms with Crippen molar-refractivity contribution in [3.8, 4) is 0 Å². The molecule has 0 aliphatic carbocycles. The van der Waals surface area contributed by atoms with Crippen LogP contribution in [-0.2, 0) is 19.3 Å². The smallest absolute Gasteiger partial charge is 0.352 e. The van der Waals surface area contributed by atoms with Crippen LogP contribution in [0.1, 0.15) is 16.3 Å². The molecular weight excluding hydrogens is 412 g/mol. The van der Waals surface area contributed by atoms with Crippen LogP contribution < -0.4 is 10.6 Å². The summed E-state index contributed by atoms with van der Waals surface area (Å²) in [4.78, 5) is 7.45. The second-order valence-electron chi connectivity index (χ2n) is 4.64. The lowest BCUT2D eigenvalue weighted by molar-refractivity contribution is -0.140. The van der Waals surface area contributed by atoms with Crippen molar-refractivity contribution in [2.75, 3.05) is 7.05 Å². The zero-order valence-corrected chi connectivity index (χ0v) is 14.8. The van der Waals surface area contributed by atoms with Crippen molar-refractivity contribution in [2.45, 2.75) is 19.3 Å². The van der Waals surface area contributed by atoms with Crippen molar-refractivity contribution < 1.29 is 17.6 Å². The van der Waals surface area contributed by atoms with Crippen LogP contribution in [0.3, 0.4) is 0 Å². The molecule has 1 aromatic heterocycles. The molecule has 2 rings (SSSR count). The van der Waals surface area contributed by atoms with E-state index in [0.29, 0.717) is 11.5 Å². The summed E-state index contributed by atoms with van der Waals surface area (Å²) in [7, 11) is 1.51. The minimum absolute atomic E-state index is 0.0847. The average molecular weight is 425 g/mol. The molecule has 0 bridgehead atoms. The third-order valence-electron chi connectivity index (χ3n) is 2.93. The summed E-state index contributed by atoms with van der Waals surface area (Å²) < 4.78 is 51.9. The van der Waals surface area contributed by atoms with Gasteiger partial charge in [0.25, 0.3) is 0 Å². The number of guanidine groups is 1. The predicted octanol–water partition coefficient (Wildman–Crippen LogP) is 3.93. The molecule has 0 aliphatic heterocycles. The Morgan fingerprint density at radius 2 is 2.00 bits per heavy atom. The highest BCUT2D eigenvalue weighted by Gasteiger charge is 2.33. The number of aromatic nitrogens is 1. The molecule has 0 unspecified atom stereocenters. The van der Waals surface area contributed by atoms with Gasteiger partial charge in [-0.3, -0.25) is 4.99 Å². The van der Waals surface area contributed by atoms with E-state index in [1.54, 1.807) is 12.1 Å². The fourth-order valence-corrected chi connectivity index (χ4v) is 2.91. The lowest BCUT2D eigenvalue weighted by Gasteiger charge is -2.11. The molecule has 0 radical (unpaired) electrons. The molecule has 2 aromatic rings. The predicted molar refractivity (Wildman–Crippen MR) is 88.3 cm³/mol. The Morgan fingerprint density at radius 3 is 2.62 bits per heavy atom. The van der Waals surface area contributed by atoms with E-state index in [1.807, 2.05) is 0 Å². The van der Waals surface area contributed by atoms with Gasteiger partial charge in [-0.15, -0.1) is 11.3 Å². The fourth-order valence-electron chi connectivity index (χ4n) is 1.76. The van der Waals surface area contributed by atoms with Gasteiger partial charge in [0, 0.05) is 29.0 Å². The summed E-state index contributed by atoms with van der Waals surface area (Å²) in [6, 6.07) is 4.56. The molecule has 0 amide bonds. The third-order valence-corrected chi connectivity index (χ3v) is 4.27. The van der Waals surface area contributed by atoms with Crippen LogP contribution in [0.2, 0.25) is 0 Å². The number of rotatable bonds is 4. The Labute approximate surface area is 148 Å². The Hall–Kier alpha value is -1.68. The third kappa shape index (κ3) is 5.17. The van der Waals surface area contributed by atoms with E-state index in [1.165, 1.54) is 13.1 Å². The van der Waals surface area contributed by atoms with Crippen molar-refractivity contribution in [1.29, 1.82) is 0 Å². The highest BCUT2D eigenvalue weighted by Crippen LogP contribution is 2.29. The molecule has 130 valence electrons.